The van der Waals surface area contributed by atoms with Gasteiger partial charge in [-0.3, -0.25) is 0 Å². The first-order chi connectivity index (χ1) is 13.7. The normalized spacial score (nSPS) is 12.7. The molecular formula is C22H16N2O4. The summed E-state index contributed by atoms with van der Waals surface area (Å²) < 4.78 is 0. The summed E-state index contributed by atoms with van der Waals surface area (Å²) in [5.74, 6) is -1.14. The molecular weight excluding hydrogens is 356 g/mol. The Kier molecular flexibility index (Phi) is 6.41. The third kappa shape index (κ3) is 5.74. The van der Waals surface area contributed by atoms with Gasteiger partial charge in [-0.15, -0.1) is 0 Å². The second-order valence-electron chi connectivity index (χ2n) is 5.60. The molecule has 0 bridgehead atoms. The molecule has 0 fully saturated rings. The maximum Gasteiger partial charge on any atom is 0.365 e. The lowest BCUT2D eigenvalue weighted by Crippen LogP contribution is -2.06. The number of hydrogen-bond acceptors (Lipinski definition) is 6. The van der Waals surface area contributed by atoms with Crippen LogP contribution in [0, 0.1) is 0 Å². The Hall–Kier alpha value is -4.06. The monoisotopic (exact) mass is 372 g/mol. The van der Waals surface area contributed by atoms with E-state index in [2.05, 4.69) is 10.3 Å². The van der Waals surface area contributed by atoms with Crippen molar-refractivity contribution in [3.8, 4) is 0 Å². The maximum absolute atomic E-state index is 11.8. The van der Waals surface area contributed by atoms with Crippen LogP contribution in [0.2, 0.25) is 0 Å². The molecule has 0 aliphatic heterocycles. The Morgan fingerprint density at radius 2 is 1.25 bits per heavy atom. The Morgan fingerprint density at radius 1 is 0.714 bits per heavy atom. The third-order valence-electron chi connectivity index (χ3n) is 3.55. The Balaban J connectivity index is 1.50. The van der Waals surface area contributed by atoms with Gasteiger partial charge in [0.15, 0.2) is 0 Å². The molecule has 6 heteroatoms. The molecule has 0 heterocycles. The van der Waals surface area contributed by atoms with E-state index >= 15 is 0 Å². The van der Waals surface area contributed by atoms with Crippen molar-refractivity contribution in [2.75, 3.05) is 0 Å². The van der Waals surface area contributed by atoms with Gasteiger partial charge in [0, 0.05) is 6.08 Å². The maximum atomic E-state index is 11.8. The fourth-order valence-corrected chi connectivity index (χ4v) is 2.15. The molecule has 2 aromatic carbocycles. The lowest BCUT2D eigenvalue weighted by atomic mass is 10.1. The summed E-state index contributed by atoms with van der Waals surface area (Å²) in [6.07, 6.45) is 9.29. The highest BCUT2D eigenvalue weighted by atomic mass is 16.7. The van der Waals surface area contributed by atoms with Crippen molar-refractivity contribution in [1.82, 2.24) is 0 Å². The van der Waals surface area contributed by atoms with Gasteiger partial charge in [-0.25, -0.2) is 9.59 Å². The molecule has 0 N–H and O–H groups in total. The molecule has 0 saturated carbocycles. The van der Waals surface area contributed by atoms with Crippen LogP contribution in [0.15, 0.2) is 101 Å². The Bertz CT molecular complexity index is 970. The molecule has 1 aliphatic carbocycles. The van der Waals surface area contributed by atoms with Crippen molar-refractivity contribution in [1.29, 1.82) is 0 Å². The zero-order chi connectivity index (χ0) is 19.6. The fraction of sp³-hybridized carbons (Fsp3) is 0. The predicted molar refractivity (Wildman–Crippen MR) is 107 cm³/mol. The first kappa shape index (κ1) is 18.7. The second kappa shape index (κ2) is 9.59. The van der Waals surface area contributed by atoms with Crippen molar-refractivity contribution in [2.45, 2.75) is 0 Å². The van der Waals surface area contributed by atoms with Gasteiger partial charge in [-0.1, -0.05) is 58.8 Å². The number of hydrogen-bond donors (Lipinski definition) is 0. The number of carbonyl (C=O) groups excluding carboxylic acids is 2. The molecule has 1 aliphatic rings. The van der Waals surface area contributed by atoms with Gasteiger partial charge in [0.05, 0.1) is 5.56 Å². The molecule has 0 aromatic heterocycles. The van der Waals surface area contributed by atoms with Crippen LogP contribution in [0.25, 0.3) is 6.08 Å². The minimum atomic E-state index is -0.589. The summed E-state index contributed by atoms with van der Waals surface area (Å²) in [6.45, 7) is 0. The van der Waals surface area contributed by atoms with E-state index in [0.717, 1.165) is 5.56 Å². The largest absolute Gasteiger partial charge is 0.365 e. The highest BCUT2D eigenvalue weighted by Gasteiger charge is 2.07. The Morgan fingerprint density at radius 3 is 1.86 bits per heavy atom. The molecule has 3 rings (SSSR count). The van der Waals surface area contributed by atoms with Crippen LogP contribution in [-0.4, -0.2) is 23.4 Å². The molecule has 28 heavy (non-hydrogen) atoms. The molecule has 6 nitrogen and oxygen atoms in total. The number of allylic oxidation sites excluding steroid dienone is 4. The molecule has 2 aromatic rings. The van der Waals surface area contributed by atoms with Gasteiger partial charge in [0.25, 0.3) is 0 Å². The van der Waals surface area contributed by atoms with Gasteiger partial charge >= 0.3 is 11.9 Å². The number of nitrogens with zero attached hydrogens (tertiary/aromatic N) is 2. The summed E-state index contributed by atoms with van der Waals surface area (Å²) >= 11 is 0. The molecule has 138 valence electrons. The average molecular weight is 372 g/mol. The number of oxime groups is 2. The minimum Gasteiger partial charge on any atom is -0.313 e. The summed E-state index contributed by atoms with van der Waals surface area (Å²) in [5.41, 5.74) is 2.15. The SMILES string of the molecule is O=C(C=Cc1ccccc1)ON=C1C=CC(=NOC(=O)c2ccccc2)C=C1. The van der Waals surface area contributed by atoms with E-state index in [1.54, 1.807) is 60.7 Å². The van der Waals surface area contributed by atoms with Gasteiger partial charge in [-0.05, 0) is 48.1 Å². The van der Waals surface area contributed by atoms with Crippen molar-refractivity contribution in [3.05, 3.63) is 102 Å². The van der Waals surface area contributed by atoms with E-state index < -0.39 is 11.9 Å². The van der Waals surface area contributed by atoms with Crippen LogP contribution >= 0.6 is 0 Å². The van der Waals surface area contributed by atoms with E-state index in [-0.39, 0.29) is 0 Å². The summed E-state index contributed by atoms with van der Waals surface area (Å²) in [5, 5.41) is 7.52. The van der Waals surface area contributed by atoms with Gasteiger partial charge in [-0.2, -0.15) is 0 Å². The van der Waals surface area contributed by atoms with Gasteiger partial charge in [0.1, 0.15) is 11.4 Å². The van der Waals surface area contributed by atoms with Crippen LogP contribution in [0.5, 0.6) is 0 Å². The highest BCUT2D eigenvalue weighted by molar-refractivity contribution is 6.18. The van der Waals surface area contributed by atoms with Crippen LogP contribution in [-0.2, 0) is 14.5 Å². The van der Waals surface area contributed by atoms with Crippen LogP contribution in [0.4, 0.5) is 0 Å². The van der Waals surface area contributed by atoms with Gasteiger partial charge < -0.3 is 9.68 Å². The quantitative estimate of drug-likeness (QED) is 0.345. The van der Waals surface area contributed by atoms with Crippen molar-refractivity contribution < 1.29 is 19.3 Å². The minimum absolute atomic E-state index is 0.410. The average Bonchev–Trinajstić information content (AvgIpc) is 2.76. The smallest absolute Gasteiger partial charge is 0.313 e. The van der Waals surface area contributed by atoms with E-state index in [1.165, 1.54) is 6.08 Å². The highest BCUT2D eigenvalue weighted by Crippen LogP contribution is 2.05. The standard InChI is InChI=1S/C22H16N2O4/c25-21(16-11-17-7-3-1-4-8-17)27-23-19-12-14-20(15-13-19)24-28-22(26)18-9-5-2-6-10-18/h1-16H. The molecule has 0 amide bonds. The molecule has 0 saturated heterocycles. The van der Waals surface area contributed by atoms with Crippen molar-refractivity contribution in [2.24, 2.45) is 10.3 Å². The van der Waals surface area contributed by atoms with E-state index in [9.17, 15) is 9.59 Å². The number of benzene rings is 2. The summed E-state index contributed by atoms with van der Waals surface area (Å²) in [7, 11) is 0. The summed E-state index contributed by atoms with van der Waals surface area (Å²) in [6, 6.07) is 17.9. The lowest BCUT2D eigenvalue weighted by Gasteiger charge is -2.02. The topological polar surface area (TPSA) is 77.3 Å². The number of carbonyl (C=O) groups is 2. The molecule has 0 radical (unpaired) electrons. The third-order valence-corrected chi connectivity index (χ3v) is 3.55. The zero-order valence-electron chi connectivity index (χ0n) is 14.8. The summed E-state index contributed by atoms with van der Waals surface area (Å²) in [4.78, 5) is 33.2. The van der Waals surface area contributed by atoms with E-state index in [4.69, 9.17) is 9.68 Å². The van der Waals surface area contributed by atoms with Crippen molar-refractivity contribution >= 4 is 29.4 Å². The zero-order valence-corrected chi connectivity index (χ0v) is 14.8. The van der Waals surface area contributed by atoms with Crippen LogP contribution in [0.3, 0.4) is 0 Å². The number of rotatable bonds is 5. The predicted octanol–water partition coefficient (Wildman–Crippen LogP) is 3.94. The first-order valence-electron chi connectivity index (χ1n) is 8.43. The van der Waals surface area contributed by atoms with Crippen LogP contribution < -0.4 is 0 Å². The lowest BCUT2D eigenvalue weighted by molar-refractivity contribution is -0.137. The molecule has 0 spiro atoms. The van der Waals surface area contributed by atoms with E-state index in [1.807, 2.05) is 30.3 Å². The fourth-order valence-electron chi connectivity index (χ4n) is 2.15. The first-order valence-corrected chi connectivity index (χ1v) is 8.43. The second-order valence-corrected chi connectivity index (χ2v) is 5.60. The van der Waals surface area contributed by atoms with E-state index in [0.29, 0.717) is 17.0 Å². The van der Waals surface area contributed by atoms with Crippen molar-refractivity contribution in [3.63, 3.8) is 0 Å². The van der Waals surface area contributed by atoms with Gasteiger partial charge in [0.2, 0.25) is 0 Å². The molecule has 0 unspecified atom stereocenters. The Labute approximate surface area is 161 Å². The van der Waals surface area contributed by atoms with Crippen LogP contribution in [0.1, 0.15) is 15.9 Å². The molecule has 0 atom stereocenters.